The lowest BCUT2D eigenvalue weighted by Crippen LogP contribution is -2.58. The fraction of sp³-hybridized carbons (Fsp3) is 0.529. The number of rotatable bonds is 0. The van der Waals surface area contributed by atoms with E-state index in [-0.39, 0.29) is 12.1 Å². The summed E-state index contributed by atoms with van der Waals surface area (Å²) in [4.78, 5) is 22.1. The molecule has 2 aromatic rings. The molecule has 1 fully saturated rings. The van der Waals surface area contributed by atoms with Crippen LogP contribution in [0.15, 0.2) is 9.69 Å². The number of hydrogen-bond donors (Lipinski definition) is 0. The van der Waals surface area contributed by atoms with Gasteiger partial charge >= 0.3 is 5.69 Å². The van der Waals surface area contributed by atoms with Crippen LogP contribution in [0.1, 0.15) is 12.5 Å². The third-order valence-electron chi connectivity index (χ3n) is 5.21. The van der Waals surface area contributed by atoms with Crippen molar-refractivity contribution in [3.05, 3.63) is 26.9 Å². The largest absolute Gasteiger partial charge is 0.349 e. The SMILES string of the molecule is Cc1c(Cl)c2c3c(nc(=O)n(C)c3c1F)N1C(C)CN(C)CC1CS2. The van der Waals surface area contributed by atoms with Crippen molar-refractivity contribution in [1.82, 2.24) is 14.5 Å². The Hall–Kier alpha value is -1.31. The standard InChI is InChI=1S/C17H20ClFN4OS/c1-8-5-21(3)6-10-7-25-15-11-14(13(19)9(2)12(15)18)22(4)17(24)20-16(11)23(8)10/h8,10H,5-7H2,1-4H3. The Morgan fingerprint density at radius 2 is 2.04 bits per heavy atom. The smallest absolute Gasteiger partial charge is 0.347 e. The topological polar surface area (TPSA) is 41.4 Å². The molecule has 2 unspecified atom stereocenters. The Bertz CT molecular complexity index is 947. The Morgan fingerprint density at radius 3 is 2.76 bits per heavy atom. The second-order valence-electron chi connectivity index (χ2n) is 7.03. The van der Waals surface area contributed by atoms with Crippen molar-refractivity contribution in [2.45, 2.75) is 30.8 Å². The van der Waals surface area contributed by atoms with Gasteiger partial charge in [0, 0.05) is 42.4 Å². The van der Waals surface area contributed by atoms with Crippen molar-refractivity contribution in [2.24, 2.45) is 7.05 Å². The van der Waals surface area contributed by atoms with Gasteiger partial charge < -0.3 is 9.80 Å². The first-order valence-electron chi connectivity index (χ1n) is 8.29. The molecule has 1 aromatic heterocycles. The van der Waals surface area contributed by atoms with Crippen LogP contribution in [0.3, 0.4) is 0 Å². The number of nitrogens with zero attached hydrogens (tertiary/aromatic N) is 4. The molecule has 2 aliphatic heterocycles. The molecule has 25 heavy (non-hydrogen) atoms. The predicted molar refractivity (Wildman–Crippen MR) is 101 cm³/mol. The van der Waals surface area contributed by atoms with Gasteiger partial charge in [0.2, 0.25) is 0 Å². The average molecular weight is 383 g/mol. The summed E-state index contributed by atoms with van der Waals surface area (Å²) in [5, 5.41) is 1.09. The molecule has 134 valence electrons. The van der Waals surface area contributed by atoms with E-state index in [1.165, 1.54) is 4.57 Å². The fourth-order valence-electron chi connectivity index (χ4n) is 4.05. The summed E-state index contributed by atoms with van der Waals surface area (Å²) in [6, 6.07) is 0.384. The Balaban J connectivity index is 2.13. The van der Waals surface area contributed by atoms with Crippen molar-refractivity contribution >= 4 is 40.1 Å². The van der Waals surface area contributed by atoms with Gasteiger partial charge in [0.05, 0.1) is 22.0 Å². The van der Waals surface area contributed by atoms with Crippen molar-refractivity contribution in [3.63, 3.8) is 0 Å². The van der Waals surface area contributed by atoms with Gasteiger partial charge in [-0.15, -0.1) is 11.8 Å². The molecular weight excluding hydrogens is 363 g/mol. The van der Waals surface area contributed by atoms with Crippen LogP contribution >= 0.6 is 23.4 Å². The minimum atomic E-state index is -0.439. The molecule has 1 saturated heterocycles. The lowest BCUT2D eigenvalue weighted by atomic mass is 10.1. The summed E-state index contributed by atoms with van der Waals surface area (Å²) in [7, 11) is 3.66. The summed E-state index contributed by atoms with van der Waals surface area (Å²) in [5.41, 5.74) is 0.242. The Kier molecular flexibility index (Phi) is 4.01. The zero-order valence-electron chi connectivity index (χ0n) is 14.6. The number of fused-ring (bicyclic) bond motifs is 2. The number of benzene rings is 1. The lowest BCUT2D eigenvalue weighted by molar-refractivity contribution is 0.241. The third kappa shape index (κ3) is 2.39. The van der Waals surface area contributed by atoms with Gasteiger partial charge in [-0.3, -0.25) is 4.57 Å². The maximum Gasteiger partial charge on any atom is 0.349 e. The van der Waals surface area contributed by atoms with E-state index in [9.17, 15) is 4.79 Å². The predicted octanol–water partition coefficient (Wildman–Crippen LogP) is 2.65. The summed E-state index contributed by atoms with van der Waals surface area (Å²) in [6.07, 6.45) is 0. The highest BCUT2D eigenvalue weighted by Crippen LogP contribution is 2.45. The fourth-order valence-corrected chi connectivity index (χ4v) is 5.63. The van der Waals surface area contributed by atoms with Crippen LogP contribution in [0.4, 0.5) is 10.2 Å². The molecule has 4 rings (SSSR count). The van der Waals surface area contributed by atoms with E-state index in [2.05, 4.69) is 28.8 Å². The van der Waals surface area contributed by atoms with E-state index in [4.69, 9.17) is 11.6 Å². The molecule has 0 amide bonds. The monoisotopic (exact) mass is 382 g/mol. The van der Waals surface area contributed by atoms with Gasteiger partial charge in [-0.05, 0) is 20.9 Å². The summed E-state index contributed by atoms with van der Waals surface area (Å²) >= 11 is 8.14. The number of halogens is 2. The third-order valence-corrected chi connectivity index (χ3v) is 7.04. The Morgan fingerprint density at radius 1 is 1.32 bits per heavy atom. The first-order chi connectivity index (χ1) is 11.8. The zero-order valence-corrected chi connectivity index (χ0v) is 16.2. The van der Waals surface area contributed by atoms with Crippen molar-refractivity contribution in [1.29, 1.82) is 0 Å². The molecule has 0 spiro atoms. The molecule has 1 aromatic carbocycles. The number of piperazine rings is 1. The Labute approximate surface area is 154 Å². The highest BCUT2D eigenvalue weighted by molar-refractivity contribution is 7.99. The minimum Gasteiger partial charge on any atom is -0.347 e. The van der Waals surface area contributed by atoms with Gasteiger partial charge in [0.25, 0.3) is 0 Å². The molecule has 5 nitrogen and oxygen atoms in total. The lowest BCUT2D eigenvalue weighted by Gasteiger charge is -2.44. The van der Waals surface area contributed by atoms with E-state index in [0.29, 0.717) is 27.3 Å². The molecule has 0 bridgehead atoms. The first-order valence-corrected chi connectivity index (χ1v) is 9.65. The van der Waals surface area contributed by atoms with Crippen molar-refractivity contribution in [3.8, 4) is 0 Å². The molecule has 0 radical (unpaired) electrons. The van der Waals surface area contributed by atoms with Crippen LogP contribution in [0.25, 0.3) is 10.9 Å². The van der Waals surface area contributed by atoms with Crippen LogP contribution in [0.5, 0.6) is 0 Å². The van der Waals surface area contributed by atoms with Crippen LogP contribution in [-0.2, 0) is 7.05 Å². The number of likely N-dealkylation sites (N-methyl/N-ethyl adjacent to an activating group) is 1. The van der Waals surface area contributed by atoms with Gasteiger partial charge in [0.1, 0.15) is 5.82 Å². The summed E-state index contributed by atoms with van der Waals surface area (Å²) < 4.78 is 16.3. The number of hydrogen-bond acceptors (Lipinski definition) is 5. The summed E-state index contributed by atoms with van der Waals surface area (Å²) in [5.74, 6) is 0.959. The van der Waals surface area contributed by atoms with E-state index in [0.717, 1.165) is 23.7 Å². The first kappa shape index (κ1) is 17.1. The molecule has 8 heteroatoms. The van der Waals surface area contributed by atoms with Crippen molar-refractivity contribution < 1.29 is 4.39 Å². The minimum absolute atomic E-state index is 0.182. The van der Waals surface area contributed by atoms with Gasteiger partial charge in [-0.2, -0.15) is 4.98 Å². The van der Waals surface area contributed by atoms with Crippen molar-refractivity contribution in [2.75, 3.05) is 30.8 Å². The van der Waals surface area contributed by atoms with Gasteiger partial charge in [-0.25, -0.2) is 9.18 Å². The number of thioether (sulfide) groups is 1. The van der Waals surface area contributed by atoms with Gasteiger partial charge in [-0.1, -0.05) is 11.6 Å². The number of aryl methyl sites for hydroxylation is 1. The molecule has 2 aliphatic rings. The van der Waals surface area contributed by atoms with E-state index >= 15 is 4.39 Å². The normalized spacial score (nSPS) is 23.7. The van der Waals surface area contributed by atoms with Crippen LogP contribution in [-0.4, -0.2) is 52.4 Å². The molecule has 0 N–H and O–H groups in total. The van der Waals surface area contributed by atoms with Gasteiger partial charge in [0.15, 0.2) is 5.82 Å². The highest BCUT2D eigenvalue weighted by atomic mass is 35.5. The zero-order chi connectivity index (χ0) is 18.0. The summed E-state index contributed by atoms with van der Waals surface area (Å²) in [6.45, 7) is 5.53. The quantitative estimate of drug-likeness (QED) is 0.700. The average Bonchev–Trinajstić information content (AvgIpc) is 2.70. The second kappa shape index (κ2) is 5.86. The van der Waals surface area contributed by atoms with E-state index in [1.54, 1.807) is 25.7 Å². The van der Waals surface area contributed by atoms with E-state index < -0.39 is 11.5 Å². The number of aromatic nitrogens is 2. The number of anilines is 1. The van der Waals surface area contributed by atoms with Crippen LogP contribution in [0.2, 0.25) is 5.02 Å². The molecular formula is C17H20ClFN4OS. The van der Waals surface area contributed by atoms with Crippen LogP contribution in [0, 0.1) is 12.7 Å². The van der Waals surface area contributed by atoms with E-state index in [1.807, 2.05) is 0 Å². The van der Waals surface area contributed by atoms with Crippen LogP contribution < -0.4 is 10.6 Å². The molecule has 0 aliphatic carbocycles. The maximum absolute atomic E-state index is 15.0. The molecule has 0 saturated carbocycles. The molecule has 2 atom stereocenters. The maximum atomic E-state index is 15.0. The second-order valence-corrected chi connectivity index (χ2v) is 8.43. The highest BCUT2D eigenvalue weighted by Gasteiger charge is 2.37. The molecule has 3 heterocycles.